The first-order valence-corrected chi connectivity index (χ1v) is 19.4. The standard InChI is InChI=1S/C47H39N3O9/c51-22-34-43(52)44(53)47(59-34)50-41-31(19-11-21-33(41)58-25-29-16-8-3-9-17-29)36-38-37(45(54)49(46(38)55)26-56-23-27-12-4-1-5-13-27)35-30-18-10-20-32(39(30)48-40(35)42(36)50)57-24-28-14-6-2-7-15-28/h1-21,34,43-44,47-48,51-53H,22-26H2/t34-,43-,44-,47-/m1/s1. The number of imide groups is 1. The molecule has 4 atom stereocenters. The van der Waals surface area contributed by atoms with Crippen LogP contribution in [0.2, 0.25) is 0 Å². The lowest BCUT2D eigenvalue weighted by atomic mass is 9.96. The average Bonchev–Trinajstić information content (AvgIpc) is 3.98. The molecule has 0 aliphatic carbocycles. The zero-order chi connectivity index (χ0) is 40.2. The van der Waals surface area contributed by atoms with Crippen LogP contribution in [0.3, 0.4) is 0 Å². The molecule has 2 aromatic heterocycles. The van der Waals surface area contributed by atoms with Gasteiger partial charge in [-0.1, -0.05) is 115 Å². The summed E-state index contributed by atoms with van der Waals surface area (Å²) in [5, 5.41) is 35.1. The van der Waals surface area contributed by atoms with Gasteiger partial charge in [0.1, 0.15) is 49.8 Å². The lowest BCUT2D eigenvalue weighted by Crippen LogP contribution is -2.33. The van der Waals surface area contributed by atoms with E-state index in [2.05, 4.69) is 4.98 Å². The number of aromatic nitrogens is 2. The van der Waals surface area contributed by atoms with E-state index in [0.717, 1.165) is 21.6 Å². The van der Waals surface area contributed by atoms with Crippen molar-refractivity contribution in [1.82, 2.24) is 14.5 Å². The average molecular weight is 790 g/mol. The van der Waals surface area contributed by atoms with E-state index in [1.807, 2.05) is 121 Å². The molecule has 1 fully saturated rings. The van der Waals surface area contributed by atoms with Gasteiger partial charge in [-0.3, -0.25) is 9.59 Å². The van der Waals surface area contributed by atoms with Crippen molar-refractivity contribution in [2.45, 2.75) is 44.4 Å². The first-order chi connectivity index (χ1) is 28.9. The Bertz CT molecular complexity index is 2880. The Labute approximate surface area is 337 Å². The molecule has 0 saturated carbocycles. The maximum atomic E-state index is 14.9. The van der Waals surface area contributed by atoms with Gasteiger partial charge in [0.15, 0.2) is 6.23 Å². The quantitative estimate of drug-likeness (QED) is 0.0961. The number of hydrogen-bond acceptors (Lipinski definition) is 9. The Balaban J connectivity index is 1.24. The number of rotatable bonds is 12. The minimum Gasteiger partial charge on any atom is -0.487 e. The van der Waals surface area contributed by atoms with Crippen LogP contribution in [0.1, 0.15) is 43.6 Å². The van der Waals surface area contributed by atoms with Crippen molar-refractivity contribution in [3.8, 4) is 11.5 Å². The normalized spacial score (nSPS) is 19.1. The van der Waals surface area contributed by atoms with E-state index in [1.165, 1.54) is 0 Å². The number of nitrogens with zero attached hydrogens (tertiary/aromatic N) is 2. The van der Waals surface area contributed by atoms with Crippen LogP contribution in [0.25, 0.3) is 43.6 Å². The molecular formula is C47H39N3O9. The highest BCUT2D eigenvalue weighted by Gasteiger charge is 2.47. The smallest absolute Gasteiger partial charge is 0.264 e. The van der Waals surface area contributed by atoms with Crippen LogP contribution < -0.4 is 9.47 Å². The number of benzene rings is 6. The number of nitrogens with one attached hydrogen (secondary N) is 1. The predicted molar refractivity (Wildman–Crippen MR) is 220 cm³/mol. The molecule has 10 rings (SSSR count). The summed E-state index contributed by atoms with van der Waals surface area (Å²) in [6.45, 7) is -0.188. The lowest BCUT2D eigenvalue weighted by molar-refractivity contribution is -0.0488. The SMILES string of the molecule is O=C1c2c(c3c4cccc(OCc5ccccc5)c4n([C@@H]4O[C@H](CO)[C@@H](O)[C@H]4O)c3c3[nH]c4c(OCc5ccccc5)cccc4c23)C(=O)N1COCc1ccccc1. The number of H-pyrrole nitrogens is 1. The molecule has 0 spiro atoms. The van der Waals surface area contributed by atoms with Gasteiger partial charge in [-0.2, -0.15) is 0 Å². The number of aliphatic hydroxyl groups is 3. The second-order valence-electron chi connectivity index (χ2n) is 14.8. The van der Waals surface area contributed by atoms with E-state index < -0.39 is 43.0 Å². The maximum Gasteiger partial charge on any atom is 0.264 e. The van der Waals surface area contributed by atoms with Crippen molar-refractivity contribution in [1.29, 1.82) is 0 Å². The molecule has 2 aliphatic rings. The Morgan fingerprint density at radius 2 is 1.15 bits per heavy atom. The van der Waals surface area contributed by atoms with Crippen molar-refractivity contribution in [3.63, 3.8) is 0 Å². The van der Waals surface area contributed by atoms with Gasteiger partial charge in [-0.05, 0) is 28.8 Å². The third-order valence-electron chi connectivity index (χ3n) is 11.3. The van der Waals surface area contributed by atoms with Crippen molar-refractivity contribution in [2.24, 2.45) is 0 Å². The third-order valence-corrected chi connectivity index (χ3v) is 11.3. The summed E-state index contributed by atoms with van der Waals surface area (Å²) in [4.78, 5) is 34.3. The second kappa shape index (κ2) is 15.0. The van der Waals surface area contributed by atoms with Gasteiger partial charge in [0.25, 0.3) is 11.8 Å². The minimum atomic E-state index is -1.49. The highest BCUT2D eigenvalue weighted by molar-refractivity contribution is 6.39. The van der Waals surface area contributed by atoms with Crippen LogP contribution in [0.15, 0.2) is 127 Å². The monoisotopic (exact) mass is 789 g/mol. The molecule has 6 aromatic carbocycles. The fourth-order valence-electron chi connectivity index (χ4n) is 8.50. The topological polar surface area (TPSA) is 156 Å². The molecule has 0 unspecified atom stereocenters. The van der Waals surface area contributed by atoms with Gasteiger partial charge in [-0.15, -0.1) is 0 Å². The summed E-state index contributed by atoms with van der Waals surface area (Å²) in [5.41, 5.74) is 5.07. The van der Waals surface area contributed by atoms with Gasteiger partial charge in [0, 0.05) is 21.5 Å². The number of amides is 2. The molecule has 296 valence electrons. The number of ether oxygens (including phenoxy) is 4. The molecule has 4 N–H and O–H groups in total. The predicted octanol–water partition coefficient (Wildman–Crippen LogP) is 6.97. The van der Waals surface area contributed by atoms with Crippen LogP contribution >= 0.6 is 0 Å². The van der Waals surface area contributed by atoms with Crippen molar-refractivity contribution in [2.75, 3.05) is 13.3 Å². The number of fused-ring (bicyclic) bond motifs is 10. The number of aromatic amines is 1. The van der Waals surface area contributed by atoms with Crippen LogP contribution in [-0.4, -0.2) is 73.2 Å². The number of hydrogen-bond donors (Lipinski definition) is 4. The molecular weight excluding hydrogens is 751 g/mol. The number of para-hydroxylation sites is 2. The highest BCUT2D eigenvalue weighted by atomic mass is 16.6. The third kappa shape index (κ3) is 6.12. The molecule has 0 radical (unpaired) electrons. The van der Waals surface area contributed by atoms with E-state index in [0.29, 0.717) is 55.1 Å². The molecule has 2 aliphatic heterocycles. The van der Waals surface area contributed by atoms with E-state index in [9.17, 15) is 24.9 Å². The van der Waals surface area contributed by atoms with E-state index >= 15 is 0 Å². The first kappa shape index (κ1) is 36.8. The van der Waals surface area contributed by atoms with Gasteiger partial charge >= 0.3 is 0 Å². The summed E-state index contributed by atoms with van der Waals surface area (Å²) in [6.07, 6.45) is -5.28. The van der Waals surface area contributed by atoms with Crippen LogP contribution in [0.5, 0.6) is 11.5 Å². The summed E-state index contributed by atoms with van der Waals surface area (Å²) in [7, 11) is 0. The maximum absolute atomic E-state index is 14.9. The van der Waals surface area contributed by atoms with E-state index in [1.54, 1.807) is 10.6 Å². The molecule has 12 heteroatoms. The van der Waals surface area contributed by atoms with Gasteiger partial charge < -0.3 is 43.8 Å². The highest BCUT2D eigenvalue weighted by Crippen LogP contribution is 2.50. The first-order valence-electron chi connectivity index (χ1n) is 19.4. The van der Waals surface area contributed by atoms with Crippen LogP contribution in [0.4, 0.5) is 0 Å². The molecule has 4 heterocycles. The van der Waals surface area contributed by atoms with Crippen molar-refractivity contribution < 1.29 is 43.9 Å². The number of aliphatic hydroxyl groups excluding tert-OH is 3. The zero-order valence-corrected chi connectivity index (χ0v) is 31.7. The van der Waals surface area contributed by atoms with Gasteiger partial charge in [0.2, 0.25) is 0 Å². The second-order valence-corrected chi connectivity index (χ2v) is 14.8. The minimum absolute atomic E-state index is 0.160. The number of carbonyl (C=O) groups excluding carboxylic acids is 2. The fraction of sp³-hybridized carbons (Fsp3) is 0.191. The summed E-state index contributed by atoms with van der Waals surface area (Å²) in [6, 6.07) is 39.9. The number of carbonyl (C=O) groups is 2. The Morgan fingerprint density at radius 3 is 1.76 bits per heavy atom. The molecule has 0 bridgehead atoms. The summed E-state index contributed by atoms with van der Waals surface area (Å²) < 4.78 is 26.9. The van der Waals surface area contributed by atoms with Crippen molar-refractivity contribution in [3.05, 3.63) is 155 Å². The summed E-state index contributed by atoms with van der Waals surface area (Å²) in [5.74, 6) is -0.143. The molecule has 12 nitrogen and oxygen atoms in total. The van der Waals surface area contributed by atoms with E-state index in [-0.39, 0.29) is 37.7 Å². The van der Waals surface area contributed by atoms with Crippen molar-refractivity contribution >= 4 is 55.4 Å². The van der Waals surface area contributed by atoms with Gasteiger partial charge in [-0.25, -0.2) is 4.90 Å². The Kier molecular flexibility index (Phi) is 9.35. The summed E-state index contributed by atoms with van der Waals surface area (Å²) >= 11 is 0. The Hall–Kier alpha value is -6.54. The Morgan fingerprint density at radius 1 is 0.593 bits per heavy atom. The van der Waals surface area contributed by atoms with E-state index in [4.69, 9.17) is 18.9 Å². The largest absolute Gasteiger partial charge is 0.487 e. The lowest BCUT2D eigenvalue weighted by Gasteiger charge is -2.21. The van der Waals surface area contributed by atoms with Crippen LogP contribution in [-0.2, 0) is 29.3 Å². The molecule has 59 heavy (non-hydrogen) atoms. The molecule has 2 amide bonds. The zero-order valence-electron chi connectivity index (χ0n) is 31.7. The van der Waals surface area contributed by atoms with Crippen LogP contribution in [0, 0.1) is 0 Å². The molecule has 1 saturated heterocycles. The van der Waals surface area contributed by atoms with Gasteiger partial charge in [0.05, 0.1) is 46.4 Å². The molecule has 8 aromatic rings. The fourth-order valence-corrected chi connectivity index (χ4v) is 8.50.